The van der Waals surface area contributed by atoms with E-state index in [4.69, 9.17) is 4.74 Å². The molecule has 0 spiro atoms. The van der Waals surface area contributed by atoms with Crippen molar-refractivity contribution < 1.29 is 4.74 Å². The Labute approximate surface area is 122 Å². The molecular formula is C15H17N3OS. The summed E-state index contributed by atoms with van der Waals surface area (Å²) in [7, 11) is 1.92. The minimum atomic E-state index is 0.675. The van der Waals surface area contributed by atoms with Crippen molar-refractivity contribution in [2.24, 2.45) is 0 Å². The number of nitrogens with one attached hydrogen (secondary N) is 1. The summed E-state index contributed by atoms with van der Waals surface area (Å²) in [6, 6.07) is 6.10. The van der Waals surface area contributed by atoms with Gasteiger partial charge in [-0.3, -0.25) is 4.40 Å². The summed E-state index contributed by atoms with van der Waals surface area (Å²) < 4.78 is 8.04. The maximum Gasteiger partial charge on any atom is 0.243 e. The van der Waals surface area contributed by atoms with Crippen LogP contribution < -0.4 is 10.1 Å². The number of ether oxygens (including phenoxy) is 1. The molecule has 0 radical (unpaired) electrons. The number of hydrogen-bond acceptors (Lipinski definition) is 4. The number of benzene rings is 1. The predicted octanol–water partition coefficient (Wildman–Crippen LogP) is 3.52. The summed E-state index contributed by atoms with van der Waals surface area (Å²) >= 11 is 1.61. The van der Waals surface area contributed by atoms with Crippen molar-refractivity contribution >= 4 is 16.3 Å². The minimum absolute atomic E-state index is 0.675. The van der Waals surface area contributed by atoms with Gasteiger partial charge >= 0.3 is 0 Å². The molecule has 5 heteroatoms. The Morgan fingerprint density at radius 3 is 2.90 bits per heavy atom. The van der Waals surface area contributed by atoms with Crippen LogP contribution in [0.2, 0.25) is 0 Å². The standard InChI is InChI=1S/C15H17N3OS/c1-10-4-5-12(8-11(10)2)19-14-13(9-16-3)18-6-7-20-15(18)17-14/h4-8,16H,9H2,1-3H3. The van der Waals surface area contributed by atoms with Crippen molar-refractivity contribution in [3.63, 3.8) is 0 Å². The molecule has 0 aliphatic heterocycles. The molecule has 1 aromatic carbocycles. The number of nitrogens with zero attached hydrogens (tertiary/aromatic N) is 2. The highest BCUT2D eigenvalue weighted by Crippen LogP contribution is 2.28. The zero-order valence-corrected chi connectivity index (χ0v) is 12.6. The van der Waals surface area contributed by atoms with Gasteiger partial charge in [-0.15, -0.1) is 11.3 Å². The molecule has 104 valence electrons. The smallest absolute Gasteiger partial charge is 0.243 e. The number of hydrogen-bond donors (Lipinski definition) is 1. The monoisotopic (exact) mass is 287 g/mol. The lowest BCUT2D eigenvalue weighted by atomic mass is 10.1. The molecule has 2 heterocycles. The van der Waals surface area contributed by atoms with Crippen LogP contribution in [0.4, 0.5) is 0 Å². The molecule has 0 atom stereocenters. The normalized spacial score (nSPS) is 11.2. The molecule has 2 aromatic heterocycles. The summed E-state index contributed by atoms with van der Waals surface area (Å²) in [4.78, 5) is 5.51. The fourth-order valence-corrected chi connectivity index (χ4v) is 2.84. The van der Waals surface area contributed by atoms with Crippen LogP contribution in [-0.4, -0.2) is 16.4 Å². The molecule has 0 bridgehead atoms. The maximum atomic E-state index is 5.98. The van der Waals surface area contributed by atoms with Gasteiger partial charge in [0.2, 0.25) is 5.88 Å². The lowest BCUT2D eigenvalue weighted by molar-refractivity contribution is 0.456. The number of aromatic nitrogens is 2. The molecule has 3 rings (SSSR count). The first kappa shape index (κ1) is 13.1. The van der Waals surface area contributed by atoms with Crippen LogP contribution in [0.15, 0.2) is 29.8 Å². The van der Waals surface area contributed by atoms with E-state index in [2.05, 4.69) is 34.6 Å². The quantitative estimate of drug-likeness (QED) is 0.798. The van der Waals surface area contributed by atoms with Gasteiger partial charge in [-0.25, -0.2) is 0 Å². The third-order valence-corrected chi connectivity index (χ3v) is 4.12. The van der Waals surface area contributed by atoms with Crippen LogP contribution in [0, 0.1) is 13.8 Å². The average Bonchev–Trinajstić information content (AvgIpc) is 2.98. The molecule has 0 aliphatic carbocycles. The molecule has 1 N–H and O–H groups in total. The Bertz CT molecular complexity index is 745. The van der Waals surface area contributed by atoms with Gasteiger partial charge in [0.05, 0.1) is 0 Å². The average molecular weight is 287 g/mol. The molecule has 0 fully saturated rings. The third-order valence-electron chi connectivity index (χ3n) is 3.36. The molecule has 0 saturated heterocycles. The van der Waals surface area contributed by atoms with Crippen LogP contribution in [0.3, 0.4) is 0 Å². The summed E-state index contributed by atoms with van der Waals surface area (Å²) in [6.07, 6.45) is 2.02. The van der Waals surface area contributed by atoms with Gasteiger partial charge in [-0.05, 0) is 44.2 Å². The zero-order chi connectivity index (χ0) is 14.1. The second kappa shape index (κ2) is 5.26. The van der Waals surface area contributed by atoms with Gasteiger partial charge in [-0.2, -0.15) is 4.98 Å². The van der Waals surface area contributed by atoms with Crippen LogP contribution >= 0.6 is 11.3 Å². The minimum Gasteiger partial charge on any atom is -0.437 e. The highest BCUT2D eigenvalue weighted by atomic mass is 32.1. The molecule has 4 nitrogen and oxygen atoms in total. The first-order valence-corrected chi connectivity index (χ1v) is 7.41. The number of imidazole rings is 1. The van der Waals surface area contributed by atoms with Crippen molar-refractivity contribution in [3.8, 4) is 11.6 Å². The van der Waals surface area contributed by atoms with E-state index < -0.39 is 0 Å². The maximum absolute atomic E-state index is 5.98. The van der Waals surface area contributed by atoms with Crippen LogP contribution in [0.5, 0.6) is 11.6 Å². The molecule has 0 unspecified atom stereocenters. The number of rotatable bonds is 4. The number of thiazole rings is 1. The Hall–Kier alpha value is -1.85. The highest BCUT2D eigenvalue weighted by molar-refractivity contribution is 7.15. The van der Waals surface area contributed by atoms with Gasteiger partial charge in [0, 0.05) is 18.1 Å². The van der Waals surface area contributed by atoms with E-state index in [9.17, 15) is 0 Å². The fraction of sp³-hybridized carbons (Fsp3) is 0.267. The van der Waals surface area contributed by atoms with Crippen LogP contribution in [0.25, 0.3) is 4.96 Å². The van der Waals surface area contributed by atoms with E-state index in [0.29, 0.717) is 5.88 Å². The molecule has 0 aliphatic rings. The van der Waals surface area contributed by atoms with Crippen molar-refractivity contribution in [2.45, 2.75) is 20.4 Å². The lowest BCUT2D eigenvalue weighted by Gasteiger charge is -2.08. The van der Waals surface area contributed by atoms with Crippen molar-refractivity contribution in [3.05, 3.63) is 46.6 Å². The van der Waals surface area contributed by atoms with Gasteiger partial charge in [0.25, 0.3) is 0 Å². The zero-order valence-electron chi connectivity index (χ0n) is 11.8. The van der Waals surface area contributed by atoms with E-state index in [-0.39, 0.29) is 0 Å². The summed E-state index contributed by atoms with van der Waals surface area (Å²) in [6.45, 7) is 4.90. The Morgan fingerprint density at radius 2 is 2.15 bits per heavy atom. The van der Waals surface area contributed by atoms with Gasteiger partial charge in [0.15, 0.2) is 4.96 Å². The SMILES string of the molecule is CNCc1c(Oc2ccc(C)c(C)c2)nc2sccn12. The summed E-state index contributed by atoms with van der Waals surface area (Å²) in [5.74, 6) is 1.51. The van der Waals surface area contributed by atoms with Crippen molar-refractivity contribution in [2.75, 3.05) is 7.05 Å². The molecular weight excluding hydrogens is 270 g/mol. The number of fused-ring (bicyclic) bond motifs is 1. The lowest BCUT2D eigenvalue weighted by Crippen LogP contribution is -2.08. The second-order valence-corrected chi connectivity index (χ2v) is 5.67. The highest BCUT2D eigenvalue weighted by Gasteiger charge is 2.14. The third kappa shape index (κ3) is 2.30. The van der Waals surface area contributed by atoms with Crippen LogP contribution in [-0.2, 0) is 6.54 Å². The molecule has 0 saturated carbocycles. The van der Waals surface area contributed by atoms with Gasteiger partial charge in [-0.1, -0.05) is 6.07 Å². The first-order valence-electron chi connectivity index (χ1n) is 6.53. The fourth-order valence-electron chi connectivity index (χ4n) is 2.11. The summed E-state index contributed by atoms with van der Waals surface area (Å²) in [5.41, 5.74) is 3.53. The molecule has 3 aromatic rings. The largest absolute Gasteiger partial charge is 0.437 e. The van der Waals surface area contributed by atoms with Crippen molar-refractivity contribution in [1.29, 1.82) is 0 Å². The Balaban J connectivity index is 1.98. The Morgan fingerprint density at radius 1 is 1.30 bits per heavy atom. The predicted molar refractivity (Wildman–Crippen MR) is 81.8 cm³/mol. The van der Waals surface area contributed by atoms with Gasteiger partial charge < -0.3 is 10.1 Å². The second-order valence-electron chi connectivity index (χ2n) is 4.80. The van der Waals surface area contributed by atoms with E-state index >= 15 is 0 Å². The van der Waals surface area contributed by atoms with Crippen LogP contribution in [0.1, 0.15) is 16.8 Å². The van der Waals surface area contributed by atoms with E-state index in [1.165, 1.54) is 11.1 Å². The molecule has 0 amide bonds. The van der Waals surface area contributed by atoms with E-state index in [1.54, 1.807) is 11.3 Å². The topological polar surface area (TPSA) is 38.6 Å². The molecule has 20 heavy (non-hydrogen) atoms. The summed E-state index contributed by atoms with van der Waals surface area (Å²) in [5, 5.41) is 5.19. The Kier molecular flexibility index (Phi) is 3.46. The van der Waals surface area contributed by atoms with Gasteiger partial charge in [0.1, 0.15) is 11.4 Å². The van der Waals surface area contributed by atoms with E-state index in [0.717, 1.165) is 22.9 Å². The van der Waals surface area contributed by atoms with Crippen molar-refractivity contribution in [1.82, 2.24) is 14.7 Å². The first-order chi connectivity index (χ1) is 9.69. The van der Waals surface area contributed by atoms with E-state index in [1.807, 2.05) is 30.8 Å². The number of aryl methyl sites for hydroxylation is 2.